The lowest BCUT2D eigenvalue weighted by molar-refractivity contribution is -0.385. The fourth-order valence-corrected chi connectivity index (χ4v) is 1.43. The maximum absolute atomic E-state index is 10.7. The summed E-state index contributed by atoms with van der Waals surface area (Å²) in [4.78, 5) is 30.9. The van der Waals surface area contributed by atoms with Crippen LogP contribution in [0.25, 0.3) is 0 Å². The van der Waals surface area contributed by atoms with Crippen molar-refractivity contribution in [3.63, 3.8) is 0 Å². The molecule has 1 aromatic rings. The van der Waals surface area contributed by atoms with Crippen LogP contribution in [0.3, 0.4) is 0 Å². The number of aromatic hydroxyl groups is 2. The molecule has 0 amide bonds. The first kappa shape index (κ1) is 16.7. The molecular formula is C11H11N3O8. The van der Waals surface area contributed by atoms with E-state index in [-0.39, 0.29) is 5.56 Å². The Labute approximate surface area is 122 Å². The van der Waals surface area contributed by atoms with Gasteiger partial charge < -0.3 is 20.4 Å². The first-order valence-corrected chi connectivity index (χ1v) is 5.63. The summed E-state index contributed by atoms with van der Waals surface area (Å²) in [6.45, 7) is -1.44. The zero-order chi connectivity index (χ0) is 16.9. The Balaban J connectivity index is 3.08. The van der Waals surface area contributed by atoms with E-state index in [9.17, 15) is 29.9 Å². The van der Waals surface area contributed by atoms with E-state index in [1.807, 2.05) is 0 Å². The molecule has 118 valence electrons. The molecule has 22 heavy (non-hydrogen) atoms. The van der Waals surface area contributed by atoms with Gasteiger partial charge in [0.05, 0.1) is 11.1 Å². The minimum absolute atomic E-state index is 0.190. The number of hydrazone groups is 1. The van der Waals surface area contributed by atoms with Crippen LogP contribution in [-0.2, 0) is 9.59 Å². The van der Waals surface area contributed by atoms with Crippen molar-refractivity contribution in [2.24, 2.45) is 5.10 Å². The Morgan fingerprint density at radius 3 is 2.18 bits per heavy atom. The number of rotatable bonds is 7. The van der Waals surface area contributed by atoms with Gasteiger partial charge in [-0.1, -0.05) is 0 Å². The van der Waals surface area contributed by atoms with Gasteiger partial charge in [-0.25, -0.2) is 0 Å². The smallest absolute Gasteiger partial charge is 0.324 e. The average molecular weight is 313 g/mol. The summed E-state index contributed by atoms with van der Waals surface area (Å²) >= 11 is 0. The molecule has 0 saturated carbocycles. The van der Waals surface area contributed by atoms with Gasteiger partial charge in [-0.3, -0.25) is 24.7 Å². The summed E-state index contributed by atoms with van der Waals surface area (Å²) in [5.41, 5.74) is -0.882. The van der Waals surface area contributed by atoms with E-state index in [1.165, 1.54) is 0 Å². The first-order valence-electron chi connectivity index (χ1n) is 5.63. The Bertz CT molecular complexity index is 626. The van der Waals surface area contributed by atoms with Crippen molar-refractivity contribution in [2.75, 3.05) is 13.1 Å². The van der Waals surface area contributed by atoms with Crippen LogP contribution in [0.15, 0.2) is 17.2 Å². The number of carbonyl (C=O) groups is 2. The summed E-state index contributed by atoms with van der Waals surface area (Å²) in [5.74, 6) is -3.97. The molecule has 0 heterocycles. The molecule has 0 unspecified atom stereocenters. The van der Waals surface area contributed by atoms with Crippen LogP contribution >= 0.6 is 0 Å². The van der Waals surface area contributed by atoms with Crippen molar-refractivity contribution < 1.29 is 34.9 Å². The Morgan fingerprint density at radius 1 is 1.18 bits per heavy atom. The Hall–Kier alpha value is -3.37. The highest BCUT2D eigenvalue weighted by atomic mass is 16.6. The van der Waals surface area contributed by atoms with E-state index in [0.29, 0.717) is 5.01 Å². The van der Waals surface area contributed by atoms with Gasteiger partial charge >= 0.3 is 17.6 Å². The van der Waals surface area contributed by atoms with Crippen LogP contribution in [0, 0.1) is 10.1 Å². The topological polar surface area (TPSA) is 174 Å². The van der Waals surface area contributed by atoms with E-state index in [1.54, 1.807) is 0 Å². The molecule has 0 atom stereocenters. The molecule has 0 saturated heterocycles. The summed E-state index contributed by atoms with van der Waals surface area (Å²) < 4.78 is 0. The van der Waals surface area contributed by atoms with Gasteiger partial charge in [0.2, 0.25) is 0 Å². The minimum atomic E-state index is -1.33. The predicted octanol–water partition coefficient (Wildman–Crippen LogP) is -0.189. The predicted molar refractivity (Wildman–Crippen MR) is 70.9 cm³/mol. The highest BCUT2D eigenvalue weighted by Gasteiger charge is 2.17. The van der Waals surface area contributed by atoms with Crippen LogP contribution in [-0.4, -0.2) is 61.6 Å². The molecule has 0 aromatic heterocycles. The van der Waals surface area contributed by atoms with Gasteiger partial charge in [0, 0.05) is 17.7 Å². The third kappa shape index (κ3) is 4.63. The van der Waals surface area contributed by atoms with E-state index in [4.69, 9.17) is 10.2 Å². The number of phenolic OH excluding ortho intramolecular Hbond substituents is 2. The lowest BCUT2D eigenvalue weighted by Gasteiger charge is -2.13. The molecule has 0 aliphatic heterocycles. The maximum atomic E-state index is 10.7. The van der Waals surface area contributed by atoms with E-state index in [2.05, 4.69) is 5.10 Å². The van der Waals surface area contributed by atoms with Crippen molar-refractivity contribution in [1.82, 2.24) is 5.01 Å². The molecule has 1 aromatic carbocycles. The molecule has 0 radical (unpaired) electrons. The summed E-state index contributed by atoms with van der Waals surface area (Å²) in [5, 5.41) is 51.0. The highest BCUT2D eigenvalue weighted by molar-refractivity contribution is 5.85. The van der Waals surface area contributed by atoms with Crippen LogP contribution in [0.4, 0.5) is 5.69 Å². The molecule has 0 spiro atoms. The van der Waals surface area contributed by atoms with Crippen LogP contribution in [0.1, 0.15) is 5.56 Å². The van der Waals surface area contributed by atoms with E-state index in [0.717, 1.165) is 18.3 Å². The fourth-order valence-electron chi connectivity index (χ4n) is 1.43. The number of nitrogens with zero attached hydrogens (tertiary/aromatic N) is 3. The van der Waals surface area contributed by atoms with Crippen molar-refractivity contribution in [1.29, 1.82) is 0 Å². The number of hydrogen-bond donors (Lipinski definition) is 4. The summed E-state index contributed by atoms with van der Waals surface area (Å²) in [6, 6.07) is 1.53. The van der Waals surface area contributed by atoms with Crippen molar-refractivity contribution in [3.05, 3.63) is 27.8 Å². The second-order valence-corrected chi connectivity index (χ2v) is 4.01. The standard InChI is InChI=1S/C11H11N3O8/c15-8-2-9(16)7(14(21)22)1-6(8)3-12-13(4-10(17)18)5-11(19)20/h1-3,15-16H,4-5H2,(H,17,18)(H,19,20)/b12-3-. The second kappa shape index (κ2) is 6.88. The van der Waals surface area contributed by atoms with Gasteiger partial charge in [-0.15, -0.1) is 0 Å². The van der Waals surface area contributed by atoms with Gasteiger partial charge in [0.1, 0.15) is 18.8 Å². The lowest BCUT2D eigenvalue weighted by Crippen LogP contribution is -2.30. The number of nitro groups is 1. The zero-order valence-corrected chi connectivity index (χ0v) is 10.9. The molecule has 11 heteroatoms. The molecule has 0 fully saturated rings. The van der Waals surface area contributed by atoms with Gasteiger partial charge in [-0.2, -0.15) is 5.10 Å². The van der Waals surface area contributed by atoms with Gasteiger partial charge in [0.25, 0.3) is 0 Å². The van der Waals surface area contributed by atoms with Crippen LogP contribution < -0.4 is 0 Å². The van der Waals surface area contributed by atoms with Crippen molar-refractivity contribution >= 4 is 23.8 Å². The number of phenols is 2. The number of hydrogen-bond acceptors (Lipinski definition) is 8. The fraction of sp³-hybridized carbons (Fsp3) is 0.182. The Morgan fingerprint density at radius 2 is 1.73 bits per heavy atom. The second-order valence-electron chi connectivity index (χ2n) is 4.01. The summed E-state index contributed by atoms with van der Waals surface area (Å²) in [6.07, 6.45) is 0.855. The molecular weight excluding hydrogens is 302 g/mol. The number of nitro benzene ring substituents is 1. The third-order valence-electron chi connectivity index (χ3n) is 2.32. The normalized spacial score (nSPS) is 10.5. The molecule has 1 rings (SSSR count). The largest absolute Gasteiger partial charge is 0.507 e. The van der Waals surface area contributed by atoms with E-state index >= 15 is 0 Å². The minimum Gasteiger partial charge on any atom is -0.507 e. The molecule has 11 nitrogen and oxygen atoms in total. The summed E-state index contributed by atoms with van der Waals surface area (Å²) in [7, 11) is 0. The quantitative estimate of drug-likeness (QED) is 0.302. The van der Waals surface area contributed by atoms with Crippen LogP contribution in [0.2, 0.25) is 0 Å². The highest BCUT2D eigenvalue weighted by Crippen LogP contribution is 2.31. The lowest BCUT2D eigenvalue weighted by atomic mass is 10.2. The van der Waals surface area contributed by atoms with E-state index < -0.39 is 47.1 Å². The first-order chi connectivity index (χ1) is 10.2. The molecule has 4 N–H and O–H groups in total. The number of benzene rings is 1. The van der Waals surface area contributed by atoms with Gasteiger partial charge in [-0.05, 0) is 0 Å². The van der Waals surface area contributed by atoms with Crippen molar-refractivity contribution in [2.45, 2.75) is 0 Å². The van der Waals surface area contributed by atoms with Crippen molar-refractivity contribution in [3.8, 4) is 11.5 Å². The molecule has 0 aliphatic carbocycles. The van der Waals surface area contributed by atoms with Crippen LogP contribution in [0.5, 0.6) is 11.5 Å². The zero-order valence-electron chi connectivity index (χ0n) is 10.9. The third-order valence-corrected chi connectivity index (χ3v) is 2.32. The Kier molecular flexibility index (Phi) is 5.21. The number of carboxylic acids is 2. The number of carboxylic acid groups (broad SMARTS) is 2. The monoisotopic (exact) mass is 313 g/mol. The number of aliphatic carboxylic acids is 2. The SMILES string of the molecule is O=C(O)CN(CC(=O)O)/N=C\c1cc([N+](=O)[O-])c(O)cc1O. The molecule has 0 aliphatic rings. The maximum Gasteiger partial charge on any atom is 0.324 e. The molecule has 0 bridgehead atoms. The average Bonchev–Trinajstić information content (AvgIpc) is 2.35. The van der Waals surface area contributed by atoms with Gasteiger partial charge in [0.15, 0.2) is 5.75 Å².